The van der Waals surface area contributed by atoms with E-state index in [0.29, 0.717) is 5.25 Å². The Bertz CT molecular complexity index is 239. The molecular formula is C12H24N2OS2. The summed E-state index contributed by atoms with van der Waals surface area (Å²) >= 11 is 3.82. The fourth-order valence-electron chi connectivity index (χ4n) is 1.82. The SMILES string of the molecule is CC[C@@H]1CN(C(=O)N[C@H](C)CCSC)CCS1. The first-order valence-corrected chi connectivity index (χ1v) is 8.77. The van der Waals surface area contributed by atoms with Gasteiger partial charge in [0.1, 0.15) is 0 Å². The quantitative estimate of drug-likeness (QED) is 0.838. The number of hydrogen-bond acceptors (Lipinski definition) is 3. The summed E-state index contributed by atoms with van der Waals surface area (Å²) in [4.78, 5) is 14.0. The summed E-state index contributed by atoms with van der Waals surface area (Å²) in [5, 5.41) is 3.71. The average Bonchev–Trinajstić information content (AvgIpc) is 2.36. The van der Waals surface area contributed by atoms with Crippen molar-refractivity contribution in [2.45, 2.75) is 38.0 Å². The Hall–Kier alpha value is -0.0300. The molecule has 100 valence electrons. The zero-order valence-corrected chi connectivity index (χ0v) is 12.7. The first kappa shape index (κ1) is 15.0. The lowest BCUT2D eigenvalue weighted by molar-refractivity contribution is 0.195. The summed E-state index contributed by atoms with van der Waals surface area (Å²) in [6.07, 6.45) is 4.30. The molecule has 1 heterocycles. The van der Waals surface area contributed by atoms with Crippen LogP contribution < -0.4 is 5.32 Å². The number of amides is 2. The van der Waals surface area contributed by atoms with Gasteiger partial charge in [0.2, 0.25) is 0 Å². The lowest BCUT2D eigenvalue weighted by Gasteiger charge is -2.32. The van der Waals surface area contributed by atoms with Crippen LogP contribution in [0.15, 0.2) is 0 Å². The molecule has 1 saturated heterocycles. The van der Waals surface area contributed by atoms with Crippen molar-refractivity contribution in [3.63, 3.8) is 0 Å². The van der Waals surface area contributed by atoms with Gasteiger partial charge in [-0.15, -0.1) is 0 Å². The van der Waals surface area contributed by atoms with Crippen LogP contribution in [0.3, 0.4) is 0 Å². The maximum Gasteiger partial charge on any atom is 0.317 e. The highest BCUT2D eigenvalue weighted by atomic mass is 32.2. The molecule has 0 aromatic carbocycles. The van der Waals surface area contributed by atoms with Crippen molar-refractivity contribution in [1.82, 2.24) is 10.2 Å². The number of hydrogen-bond donors (Lipinski definition) is 1. The van der Waals surface area contributed by atoms with Gasteiger partial charge in [0.05, 0.1) is 0 Å². The first-order chi connectivity index (χ1) is 8.17. The highest BCUT2D eigenvalue weighted by Crippen LogP contribution is 2.21. The van der Waals surface area contributed by atoms with Gasteiger partial charge >= 0.3 is 6.03 Å². The van der Waals surface area contributed by atoms with E-state index in [9.17, 15) is 4.79 Å². The molecule has 2 amide bonds. The minimum absolute atomic E-state index is 0.123. The summed E-state index contributed by atoms with van der Waals surface area (Å²) in [5.41, 5.74) is 0. The topological polar surface area (TPSA) is 32.3 Å². The molecule has 1 fully saturated rings. The van der Waals surface area contributed by atoms with Crippen LogP contribution in [0.4, 0.5) is 4.79 Å². The molecule has 17 heavy (non-hydrogen) atoms. The Morgan fingerprint density at radius 1 is 1.65 bits per heavy atom. The summed E-state index contributed by atoms with van der Waals surface area (Å²) in [6.45, 7) is 6.08. The van der Waals surface area contributed by atoms with E-state index in [-0.39, 0.29) is 12.1 Å². The summed E-state index contributed by atoms with van der Waals surface area (Å²) in [5.74, 6) is 2.18. The molecule has 0 aliphatic carbocycles. The number of rotatable bonds is 5. The smallest absolute Gasteiger partial charge is 0.317 e. The van der Waals surface area contributed by atoms with E-state index in [1.165, 1.54) is 0 Å². The third kappa shape index (κ3) is 5.42. The van der Waals surface area contributed by atoms with Crippen LogP contribution in [0.2, 0.25) is 0 Å². The molecule has 5 heteroatoms. The van der Waals surface area contributed by atoms with E-state index in [2.05, 4.69) is 25.4 Å². The van der Waals surface area contributed by atoms with Gasteiger partial charge < -0.3 is 10.2 Å². The zero-order valence-electron chi connectivity index (χ0n) is 11.1. The molecule has 0 aromatic heterocycles. The molecule has 0 spiro atoms. The van der Waals surface area contributed by atoms with Gasteiger partial charge in [-0.1, -0.05) is 6.92 Å². The number of nitrogens with one attached hydrogen (secondary N) is 1. The zero-order chi connectivity index (χ0) is 12.7. The molecule has 1 aliphatic rings. The monoisotopic (exact) mass is 276 g/mol. The molecule has 1 aliphatic heterocycles. The molecule has 2 atom stereocenters. The van der Waals surface area contributed by atoms with Crippen molar-refractivity contribution in [2.75, 3.05) is 30.9 Å². The van der Waals surface area contributed by atoms with E-state index in [1.807, 2.05) is 28.4 Å². The van der Waals surface area contributed by atoms with Crippen LogP contribution in [0, 0.1) is 0 Å². The number of thioether (sulfide) groups is 2. The molecule has 0 radical (unpaired) electrons. The van der Waals surface area contributed by atoms with Crippen molar-refractivity contribution >= 4 is 29.6 Å². The largest absolute Gasteiger partial charge is 0.336 e. The maximum absolute atomic E-state index is 12.0. The first-order valence-electron chi connectivity index (χ1n) is 6.33. The normalized spacial score (nSPS) is 22.3. The van der Waals surface area contributed by atoms with Crippen LogP contribution in [0.1, 0.15) is 26.7 Å². The lowest BCUT2D eigenvalue weighted by Crippen LogP contribution is -2.49. The van der Waals surface area contributed by atoms with Crippen molar-refractivity contribution in [2.24, 2.45) is 0 Å². The number of carbonyl (C=O) groups excluding carboxylic acids is 1. The molecule has 0 aromatic rings. The fraction of sp³-hybridized carbons (Fsp3) is 0.917. The lowest BCUT2D eigenvalue weighted by atomic mass is 10.2. The van der Waals surface area contributed by atoms with Gasteiger partial charge in [-0.25, -0.2) is 4.79 Å². The highest BCUT2D eigenvalue weighted by molar-refractivity contribution is 8.00. The maximum atomic E-state index is 12.0. The number of carbonyl (C=O) groups is 1. The Labute approximate surface area is 113 Å². The Morgan fingerprint density at radius 2 is 2.41 bits per heavy atom. The molecule has 1 rings (SSSR count). The van der Waals surface area contributed by atoms with Crippen molar-refractivity contribution in [3.8, 4) is 0 Å². The van der Waals surface area contributed by atoms with E-state index in [4.69, 9.17) is 0 Å². The van der Waals surface area contributed by atoms with Crippen LogP contribution >= 0.6 is 23.5 Å². The molecule has 0 saturated carbocycles. The minimum Gasteiger partial charge on any atom is -0.336 e. The summed E-state index contributed by atoms with van der Waals surface area (Å²) in [7, 11) is 0. The Kier molecular flexibility index (Phi) is 7.19. The van der Waals surface area contributed by atoms with Gasteiger partial charge in [0, 0.05) is 30.1 Å². The summed E-state index contributed by atoms with van der Waals surface area (Å²) < 4.78 is 0. The fourth-order valence-corrected chi connectivity index (χ4v) is 3.59. The predicted octanol–water partition coefficient (Wildman–Crippen LogP) is 2.67. The van der Waals surface area contributed by atoms with Crippen LogP contribution in [0.5, 0.6) is 0 Å². The Morgan fingerprint density at radius 3 is 3.06 bits per heavy atom. The number of urea groups is 1. The molecule has 1 N–H and O–H groups in total. The molecule has 0 bridgehead atoms. The standard InChI is InChI=1S/C12H24N2OS2/c1-4-11-9-14(6-8-17-11)12(15)13-10(2)5-7-16-3/h10-11H,4-9H2,1-3H3,(H,13,15)/t10-,11-/m1/s1. The van der Waals surface area contributed by atoms with Gasteiger partial charge in [0.15, 0.2) is 0 Å². The van der Waals surface area contributed by atoms with Crippen molar-refractivity contribution in [3.05, 3.63) is 0 Å². The molecular weight excluding hydrogens is 252 g/mol. The molecule has 0 unspecified atom stereocenters. The van der Waals surface area contributed by atoms with Crippen molar-refractivity contribution < 1.29 is 4.79 Å². The van der Waals surface area contributed by atoms with Gasteiger partial charge in [-0.2, -0.15) is 23.5 Å². The van der Waals surface area contributed by atoms with Crippen LogP contribution in [-0.2, 0) is 0 Å². The van der Waals surface area contributed by atoms with E-state index in [0.717, 1.165) is 37.4 Å². The average molecular weight is 276 g/mol. The highest BCUT2D eigenvalue weighted by Gasteiger charge is 2.23. The van der Waals surface area contributed by atoms with Gasteiger partial charge in [0.25, 0.3) is 0 Å². The van der Waals surface area contributed by atoms with Crippen LogP contribution in [0.25, 0.3) is 0 Å². The molecule has 3 nitrogen and oxygen atoms in total. The second kappa shape index (κ2) is 8.14. The predicted molar refractivity (Wildman–Crippen MR) is 79.1 cm³/mol. The van der Waals surface area contributed by atoms with Crippen molar-refractivity contribution in [1.29, 1.82) is 0 Å². The second-order valence-corrected chi connectivity index (χ2v) is 6.87. The minimum atomic E-state index is 0.123. The van der Waals surface area contributed by atoms with Crippen LogP contribution in [-0.4, -0.2) is 53.1 Å². The third-order valence-electron chi connectivity index (χ3n) is 3.01. The Balaban J connectivity index is 2.31. The number of nitrogens with zero attached hydrogens (tertiary/aromatic N) is 1. The second-order valence-electron chi connectivity index (χ2n) is 4.48. The van der Waals surface area contributed by atoms with E-state index in [1.54, 1.807) is 0 Å². The van der Waals surface area contributed by atoms with E-state index < -0.39 is 0 Å². The summed E-state index contributed by atoms with van der Waals surface area (Å²) in [6, 6.07) is 0.405. The van der Waals surface area contributed by atoms with E-state index >= 15 is 0 Å². The third-order valence-corrected chi connectivity index (χ3v) is 5.02. The van der Waals surface area contributed by atoms with Gasteiger partial charge in [-0.05, 0) is 31.8 Å². The van der Waals surface area contributed by atoms with Gasteiger partial charge in [-0.3, -0.25) is 0 Å².